The zero-order chi connectivity index (χ0) is 6.85. The second-order valence-electron chi connectivity index (χ2n) is 1.25. The number of aliphatic carboxylic acids is 1. The minimum absolute atomic E-state index is 0.0671. The van der Waals surface area contributed by atoms with Gasteiger partial charge in [-0.3, -0.25) is 0 Å². The molecule has 1 N–H and O–H groups in total. The second-order valence-corrected chi connectivity index (χ2v) is 1.64. The zero-order valence-corrected chi connectivity index (χ0v) is 4.92. The Morgan fingerprint density at radius 3 is 2.56 bits per heavy atom. The van der Waals surface area contributed by atoms with E-state index in [2.05, 4.69) is 27.7 Å². The molecule has 0 aromatic rings. The van der Waals surface area contributed by atoms with Gasteiger partial charge in [0.25, 0.3) is 0 Å². The van der Waals surface area contributed by atoms with Gasteiger partial charge in [0.15, 0.2) is 4.99 Å². The lowest BCUT2D eigenvalue weighted by molar-refractivity contribution is -0.129. The first-order chi connectivity index (χ1) is 4.22. The van der Waals surface area contributed by atoms with Crippen LogP contribution in [0.3, 0.4) is 0 Å². The standard InChI is InChI=1S/C3HN3O2S/c7-3(8)1-2(9)5-6-4-1/h(H,7,8). The summed E-state index contributed by atoms with van der Waals surface area (Å²) in [5.41, 5.74) is -0.259. The summed E-state index contributed by atoms with van der Waals surface area (Å²) in [6.45, 7) is 0. The molecule has 9 heavy (non-hydrogen) atoms. The van der Waals surface area contributed by atoms with Gasteiger partial charge in [-0.15, -0.1) is 10.2 Å². The Hall–Kier alpha value is -1.17. The van der Waals surface area contributed by atoms with E-state index >= 15 is 0 Å². The van der Waals surface area contributed by atoms with Crippen LogP contribution in [-0.2, 0) is 4.79 Å². The molecule has 46 valence electrons. The number of rotatable bonds is 1. The van der Waals surface area contributed by atoms with Crippen molar-refractivity contribution in [1.29, 1.82) is 0 Å². The predicted octanol–water partition coefficient (Wildman–Crippen LogP) is 0.220. The molecule has 0 aliphatic carbocycles. The van der Waals surface area contributed by atoms with Crippen molar-refractivity contribution in [2.45, 2.75) is 0 Å². The van der Waals surface area contributed by atoms with Crippen LogP contribution in [0.25, 0.3) is 0 Å². The first-order valence-corrected chi connectivity index (χ1v) is 2.39. The van der Waals surface area contributed by atoms with Crippen LogP contribution in [0.2, 0.25) is 0 Å². The maximum Gasteiger partial charge on any atom is 0.359 e. The molecule has 1 heterocycles. The highest BCUT2D eigenvalue weighted by Crippen LogP contribution is 1.98. The minimum Gasteiger partial charge on any atom is -0.476 e. The van der Waals surface area contributed by atoms with Gasteiger partial charge in [-0.2, -0.15) is 0 Å². The van der Waals surface area contributed by atoms with Crippen LogP contribution in [0, 0.1) is 0 Å². The van der Waals surface area contributed by atoms with Gasteiger partial charge in [0.05, 0.1) is 0 Å². The van der Waals surface area contributed by atoms with Crippen molar-refractivity contribution >= 4 is 28.9 Å². The summed E-state index contributed by atoms with van der Waals surface area (Å²) in [7, 11) is 0. The Balaban J connectivity index is 2.88. The Kier molecular flexibility index (Phi) is 1.31. The van der Waals surface area contributed by atoms with Gasteiger partial charge >= 0.3 is 5.97 Å². The molecular weight excluding hydrogens is 142 g/mol. The van der Waals surface area contributed by atoms with Gasteiger partial charge in [-0.05, 0) is 5.22 Å². The molecule has 0 spiro atoms. The molecule has 6 heteroatoms. The van der Waals surface area contributed by atoms with Crippen molar-refractivity contribution in [2.75, 3.05) is 0 Å². The Labute approximate surface area is 55.1 Å². The van der Waals surface area contributed by atoms with Crippen LogP contribution < -0.4 is 0 Å². The fraction of sp³-hybridized carbons (Fsp3) is 0. The van der Waals surface area contributed by atoms with Gasteiger partial charge in [0, 0.05) is 0 Å². The molecule has 0 atom stereocenters. The molecule has 1 aliphatic rings. The van der Waals surface area contributed by atoms with Crippen LogP contribution in [0.5, 0.6) is 0 Å². The summed E-state index contributed by atoms with van der Waals surface area (Å²) in [6, 6.07) is 0. The molecule has 5 nitrogen and oxygen atoms in total. The number of nitrogens with zero attached hydrogens (tertiary/aromatic N) is 3. The average Bonchev–Trinajstić information content (AvgIpc) is 2.13. The molecule has 0 aromatic carbocycles. The van der Waals surface area contributed by atoms with Gasteiger partial charge in [-0.25, -0.2) is 4.79 Å². The van der Waals surface area contributed by atoms with Gasteiger partial charge < -0.3 is 5.11 Å². The fourth-order valence-electron chi connectivity index (χ4n) is 0.332. The van der Waals surface area contributed by atoms with E-state index in [1.165, 1.54) is 0 Å². The van der Waals surface area contributed by atoms with E-state index in [1.54, 1.807) is 0 Å². The fourth-order valence-corrected chi connectivity index (χ4v) is 0.497. The van der Waals surface area contributed by atoms with Crippen molar-refractivity contribution in [1.82, 2.24) is 0 Å². The first-order valence-electron chi connectivity index (χ1n) is 1.98. The van der Waals surface area contributed by atoms with E-state index < -0.39 is 5.97 Å². The van der Waals surface area contributed by atoms with E-state index in [9.17, 15) is 4.79 Å². The number of thiocarbonyl (C=S) groups is 1. The highest BCUT2D eigenvalue weighted by atomic mass is 32.1. The largest absolute Gasteiger partial charge is 0.476 e. The van der Waals surface area contributed by atoms with Crippen LogP contribution in [-0.4, -0.2) is 21.8 Å². The van der Waals surface area contributed by atoms with Crippen molar-refractivity contribution in [3.63, 3.8) is 0 Å². The summed E-state index contributed by atoms with van der Waals surface area (Å²) >= 11 is 4.44. The molecule has 1 rings (SSSR count). The third kappa shape index (κ3) is 0.968. The minimum atomic E-state index is -1.19. The quantitative estimate of drug-likeness (QED) is 0.533. The smallest absolute Gasteiger partial charge is 0.359 e. The van der Waals surface area contributed by atoms with E-state index in [0.717, 1.165) is 0 Å². The molecule has 0 bridgehead atoms. The predicted molar refractivity (Wildman–Crippen MR) is 32.5 cm³/mol. The summed E-state index contributed by atoms with van der Waals surface area (Å²) < 4.78 is 0. The normalized spacial score (nSPS) is 16.0. The lowest BCUT2D eigenvalue weighted by Gasteiger charge is -1.83. The summed E-state index contributed by atoms with van der Waals surface area (Å²) in [6.07, 6.45) is 0. The number of hydrogen-bond acceptors (Lipinski definition) is 4. The van der Waals surface area contributed by atoms with Crippen LogP contribution in [0.4, 0.5) is 0 Å². The second kappa shape index (κ2) is 1.98. The lowest BCUT2D eigenvalue weighted by atomic mass is 10.4. The maximum absolute atomic E-state index is 10.1. The van der Waals surface area contributed by atoms with Crippen molar-refractivity contribution in [3.05, 3.63) is 0 Å². The number of carboxylic acid groups (broad SMARTS) is 1. The lowest BCUT2D eigenvalue weighted by Crippen LogP contribution is -2.17. The molecule has 0 saturated heterocycles. The van der Waals surface area contributed by atoms with Gasteiger partial charge in [-0.1, -0.05) is 12.2 Å². The Bertz CT molecular complexity index is 231. The SMILES string of the molecule is O=C(O)C1=NN=NC1=S. The van der Waals surface area contributed by atoms with Crippen molar-refractivity contribution in [2.24, 2.45) is 15.4 Å². The van der Waals surface area contributed by atoms with E-state index in [1.807, 2.05) is 0 Å². The number of carbonyl (C=O) groups is 1. The molecule has 0 unspecified atom stereocenters. The zero-order valence-electron chi connectivity index (χ0n) is 4.11. The molecule has 0 saturated carbocycles. The summed E-state index contributed by atoms with van der Waals surface area (Å²) in [5, 5.41) is 17.7. The Morgan fingerprint density at radius 2 is 2.33 bits per heavy atom. The Morgan fingerprint density at radius 1 is 1.67 bits per heavy atom. The van der Waals surface area contributed by atoms with Crippen molar-refractivity contribution in [3.8, 4) is 0 Å². The molecule has 1 aliphatic heterocycles. The molecular formula is C3HN3O2S. The third-order valence-corrected chi connectivity index (χ3v) is 0.960. The number of carboxylic acids is 1. The maximum atomic E-state index is 10.1. The summed E-state index contributed by atoms with van der Waals surface area (Å²) in [5.74, 6) is -1.19. The van der Waals surface area contributed by atoms with E-state index in [-0.39, 0.29) is 10.7 Å². The average molecular weight is 143 g/mol. The van der Waals surface area contributed by atoms with Gasteiger partial charge in [0.1, 0.15) is 0 Å². The summed E-state index contributed by atoms with van der Waals surface area (Å²) in [4.78, 5) is 10.0. The topological polar surface area (TPSA) is 74.4 Å². The molecule has 0 fully saturated rings. The van der Waals surface area contributed by atoms with E-state index in [4.69, 9.17) is 5.11 Å². The molecule has 0 radical (unpaired) electrons. The van der Waals surface area contributed by atoms with Crippen LogP contribution in [0.1, 0.15) is 0 Å². The monoisotopic (exact) mass is 143 g/mol. The van der Waals surface area contributed by atoms with Crippen LogP contribution in [0.15, 0.2) is 15.4 Å². The third-order valence-electron chi connectivity index (χ3n) is 0.685. The molecule has 0 amide bonds. The number of hydrogen-bond donors (Lipinski definition) is 1. The van der Waals surface area contributed by atoms with Crippen molar-refractivity contribution < 1.29 is 9.90 Å². The van der Waals surface area contributed by atoms with Crippen LogP contribution >= 0.6 is 12.2 Å². The highest BCUT2D eigenvalue weighted by molar-refractivity contribution is 7.82. The van der Waals surface area contributed by atoms with Gasteiger partial charge in [0.2, 0.25) is 5.71 Å². The van der Waals surface area contributed by atoms with E-state index in [0.29, 0.717) is 0 Å². The first kappa shape index (κ1) is 5.96. The molecule has 0 aromatic heterocycles. The highest BCUT2D eigenvalue weighted by Gasteiger charge is 2.18.